The number of halogens is 1. The fourth-order valence-electron chi connectivity index (χ4n) is 2.24. The number of hydrogen-bond donors (Lipinski definition) is 1. The van der Waals surface area contributed by atoms with E-state index in [1.807, 2.05) is 0 Å². The molecule has 104 valence electrons. The minimum Gasteiger partial charge on any atom is -0.474 e. The zero-order valence-corrected chi connectivity index (χ0v) is 10.8. The molecule has 0 unspecified atom stereocenters. The van der Waals surface area contributed by atoms with Gasteiger partial charge in [0, 0.05) is 6.07 Å². The summed E-state index contributed by atoms with van der Waals surface area (Å²) in [6, 6.07) is 1.18. The Morgan fingerprint density at radius 3 is 2.68 bits per heavy atom. The van der Waals surface area contributed by atoms with E-state index in [-0.39, 0.29) is 29.6 Å². The van der Waals surface area contributed by atoms with E-state index in [2.05, 4.69) is 4.98 Å². The number of carbonyl (C=O) groups excluding carboxylic acids is 1. The molecule has 0 radical (unpaired) electrons. The first-order chi connectivity index (χ1) is 9.10. The number of methoxy groups -OCH3 is 1. The van der Waals surface area contributed by atoms with Crippen LogP contribution in [0.1, 0.15) is 25.7 Å². The van der Waals surface area contributed by atoms with Gasteiger partial charge in [-0.3, -0.25) is 4.79 Å². The summed E-state index contributed by atoms with van der Waals surface area (Å²) in [6.45, 7) is 0. The second-order valence-corrected chi connectivity index (χ2v) is 4.66. The highest BCUT2D eigenvalue weighted by Gasteiger charge is 2.28. The third-order valence-corrected chi connectivity index (χ3v) is 3.35. The van der Waals surface area contributed by atoms with Gasteiger partial charge in [0.05, 0.1) is 24.9 Å². The summed E-state index contributed by atoms with van der Waals surface area (Å²) in [5.74, 6) is -0.530. The van der Waals surface area contributed by atoms with Crippen molar-refractivity contribution >= 4 is 11.7 Å². The highest BCUT2D eigenvalue weighted by molar-refractivity contribution is 5.72. The molecule has 0 amide bonds. The molecule has 6 heteroatoms. The van der Waals surface area contributed by atoms with Crippen molar-refractivity contribution < 1.29 is 18.7 Å². The van der Waals surface area contributed by atoms with Crippen LogP contribution in [-0.4, -0.2) is 24.2 Å². The summed E-state index contributed by atoms with van der Waals surface area (Å²) in [5, 5.41) is 0. The summed E-state index contributed by atoms with van der Waals surface area (Å²) in [5.41, 5.74) is 5.35. The Kier molecular flexibility index (Phi) is 4.19. The first kappa shape index (κ1) is 13.6. The second-order valence-electron chi connectivity index (χ2n) is 4.66. The summed E-state index contributed by atoms with van der Waals surface area (Å²) in [7, 11) is 1.39. The van der Waals surface area contributed by atoms with Crippen LogP contribution in [0.3, 0.4) is 0 Å². The predicted octanol–water partition coefficient (Wildman–Crippen LogP) is 1.91. The molecule has 1 aromatic heterocycles. The molecule has 2 rings (SSSR count). The normalized spacial score (nSPS) is 22.8. The lowest BCUT2D eigenvalue weighted by Gasteiger charge is -2.27. The molecule has 1 aromatic rings. The topological polar surface area (TPSA) is 74.4 Å². The molecular weight excluding hydrogens is 251 g/mol. The van der Waals surface area contributed by atoms with Gasteiger partial charge in [-0.05, 0) is 25.7 Å². The molecule has 2 N–H and O–H groups in total. The number of esters is 1. The molecule has 0 bridgehead atoms. The minimum absolute atomic E-state index is 0.00162. The van der Waals surface area contributed by atoms with Crippen molar-refractivity contribution in [1.82, 2.24) is 4.98 Å². The van der Waals surface area contributed by atoms with Gasteiger partial charge in [0.15, 0.2) is 5.82 Å². The Bertz CT molecular complexity index is 459. The maximum Gasteiger partial charge on any atom is 0.308 e. The van der Waals surface area contributed by atoms with E-state index in [4.69, 9.17) is 15.2 Å². The third-order valence-electron chi connectivity index (χ3n) is 3.35. The Balaban J connectivity index is 1.88. The maximum atomic E-state index is 13.2. The summed E-state index contributed by atoms with van der Waals surface area (Å²) in [4.78, 5) is 15.3. The van der Waals surface area contributed by atoms with E-state index in [0.29, 0.717) is 0 Å². The van der Waals surface area contributed by atoms with Gasteiger partial charge in [-0.2, -0.15) is 0 Å². The van der Waals surface area contributed by atoms with Gasteiger partial charge >= 0.3 is 5.97 Å². The Morgan fingerprint density at radius 2 is 2.11 bits per heavy atom. The number of pyridine rings is 1. The smallest absolute Gasteiger partial charge is 0.308 e. The van der Waals surface area contributed by atoms with Gasteiger partial charge in [0.25, 0.3) is 0 Å². The van der Waals surface area contributed by atoms with Crippen molar-refractivity contribution in [2.45, 2.75) is 31.8 Å². The van der Waals surface area contributed by atoms with E-state index in [9.17, 15) is 9.18 Å². The molecule has 19 heavy (non-hydrogen) atoms. The molecule has 0 saturated heterocycles. The third kappa shape index (κ3) is 3.33. The molecule has 5 nitrogen and oxygen atoms in total. The van der Waals surface area contributed by atoms with Crippen molar-refractivity contribution in [2.75, 3.05) is 12.8 Å². The molecular formula is C13H17FN2O3. The molecule has 1 aliphatic rings. The standard InChI is InChI=1S/C13H17FN2O3/c1-18-13(17)8-2-4-9(5-3-8)19-12-6-10(14)11(15)7-16-12/h6-9H,2-5,15H2,1H3/t8-,9-. The molecule has 0 aromatic carbocycles. The van der Waals surface area contributed by atoms with Gasteiger partial charge in [0.2, 0.25) is 5.88 Å². The number of carbonyl (C=O) groups is 1. The molecule has 1 fully saturated rings. The number of aromatic nitrogens is 1. The first-order valence-electron chi connectivity index (χ1n) is 6.25. The van der Waals surface area contributed by atoms with Gasteiger partial charge in [-0.15, -0.1) is 0 Å². The molecule has 0 atom stereocenters. The lowest BCUT2D eigenvalue weighted by Crippen LogP contribution is -2.28. The summed E-state index contributed by atoms with van der Waals surface area (Å²) < 4.78 is 23.6. The van der Waals surface area contributed by atoms with Crippen LogP contribution < -0.4 is 10.5 Å². The van der Waals surface area contributed by atoms with E-state index in [1.165, 1.54) is 19.4 Å². The van der Waals surface area contributed by atoms with Crippen molar-refractivity contribution in [3.63, 3.8) is 0 Å². The van der Waals surface area contributed by atoms with Crippen LogP contribution in [0.5, 0.6) is 5.88 Å². The number of rotatable bonds is 3. The van der Waals surface area contributed by atoms with E-state index >= 15 is 0 Å². The van der Waals surface area contributed by atoms with Gasteiger partial charge in [0.1, 0.15) is 6.10 Å². The fourth-order valence-corrected chi connectivity index (χ4v) is 2.24. The monoisotopic (exact) mass is 268 g/mol. The predicted molar refractivity (Wildman–Crippen MR) is 67.0 cm³/mol. The summed E-state index contributed by atoms with van der Waals surface area (Å²) in [6.07, 6.45) is 4.09. The zero-order chi connectivity index (χ0) is 13.8. The van der Waals surface area contributed by atoms with Crippen molar-refractivity contribution in [2.24, 2.45) is 5.92 Å². The van der Waals surface area contributed by atoms with Crippen LogP contribution in [-0.2, 0) is 9.53 Å². The van der Waals surface area contributed by atoms with Crippen molar-refractivity contribution in [3.8, 4) is 5.88 Å². The van der Waals surface area contributed by atoms with E-state index in [0.717, 1.165) is 25.7 Å². The van der Waals surface area contributed by atoms with Crippen LogP contribution in [0, 0.1) is 11.7 Å². The largest absolute Gasteiger partial charge is 0.474 e. The van der Waals surface area contributed by atoms with E-state index < -0.39 is 5.82 Å². The average Bonchev–Trinajstić information content (AvgIpc) is 2.43. The van der Waals surface area contributed by atoms with Crippen molar-refractivity contribution in [1.29, 1.82) is 0 Å². The maximum absolute atomic E-state index is 13.2. The van der Waals surface area contributed by atoms with Gasteiger partial charge < -0.3 is 15.2 Å². The molecule has 1 saturated carbocycles. The Morgan fingerprint density at radius 1 is 1.42 bits per heavy atom. The van der Waals surface area contributed by atoms with Gasteiger partial charge in [-0.1, -0.05) is 0 Å². The van der Waals surface area contributed by atoms with Crippen LogP contribution in [0.2, 0.25) is 0 Å². The Hall–Kier alpha value is -1.85. The number of nitrogens with zero attached hydrogens (tertiary/aromatic N) is 1. The number of nitrogens with two attached hydrogens (primary N) is 1. The highest BCUT2D eigenvalue weighted by Crippen LogP contribution is 2.28. The first-order valence-corrected chi connectivity index (χ1v) is 6.25. The average molecular weight is 268 g/mol. The molecule has 0 spiro atoms. The number of hydrogen-bond acceptors (Lipinski definition) is 5. The Labute approximate surface area is 110 Å². The molecule has 1 aliphatic carbocycles. The fraction of sp³-hybridized carbons (Fsp3) is 0.538. The SMILES string of the molecule is COC(=O)[C@H]1CC[C@H](Oc2cc(F)c(N)cn2)CC1. The van der Waals surface area contributed by atoms with Crippen LogP contribution in [0.25, 0.3) is 0 Å². The number of ether oxygens (including phenoxy) is 2. The lowest BCUT2D eigenvalue weighted by atomic mass is 9.87. The van der Waals surface area contributed by atoms with E-state index in [1.54, 1.807) is 0 Å². The highest BCUT2D eigenvalue weighted by atomic mass is 19.1. The van der Waals surface area contributed by atoms with Gasteiger partial charge in [-0.25, -0.2) is 9.37 Å². The molecule has 1 heterocycles. The minimum atomic E-state index is -0.534. The number of anilines is 1. The van der Waals surface area contributed by atoms with Crippen molar-refractivity contribution in [3.05, 3.63) is 18.1 Å². The quantitative estimate of drug-likeness (QED) is 0.848. The summed E-state index contributed by atoms with van der Waals surface area (Å²) >= 11 is 0. The number of nitrogen functional groups attached to an aromatic ring is 1. The van der Waals surface area contributed by atoms with Crippen LogP contribution in [0.4, 0.5) is 10.1 Å². The van der Waals surface area contributed by atoms with Crippen LogP contribution >= 0.6 is 0 Å². The van der Waals surface area contributed by atoms with Crippen LogP contribution in [0.15, 0.2) is 12.3 Å². The second kappa shape index (κ2) is 5.86. The lowest BCUT2D eigenvalue weighted by molar-refractivity contribution is -0.147. The zero-order valence-electron chi connectivity index (χ0n) is 10.8. The molecule has 0 aliphatic heterocycles.